The van der Waals surface area contributed by atoms with Crippen molar-refractivity contribution in [2.45, 2.75) is 39.2 Å². The van der Waals surface area contributed by atoms with Gasteiger partial charge in [0.05, 0.1) is 0 Å². The van der Waals surface area contributed by atoms with E-state index in [-0.39, 0.29) is 6.54 Å². The zero-order valence-corrected chi connectivity index (χ0v) is 18.3. The van der Waals surface area contributed by atoms with E-state index in [1.54, 1.807) is 25.1 Å². The minimum atomic E-state index is -1.21. The lowest BCUT2D eigenvalue weighted by molar-refractivity contribution is -0.133. The Balaban J connectivity index is 1.80. The standard InChI is InChI=1S/C22H24BrN3O3/c1-4-14-8-6-9-15(5-2)19(14)24-18(27)13-26-20(28)22(3,25-21(26)29)16-10-7-11-17(23)12-16/h6-12H,4-5,13H2,1-3H3,(H,24,27)(H,25,29). The zero-order valence-electron chi connectivity index (χ0n) is 16.7. The van der Waals surface area contributed by atoms with Crippen LogP contribution in [0.5, 0.6) is 0 Å². The van der Waals surface area contributed by atoms with Crippen molar-refractivity contribution in [2.24, 2.45) is 0 Å². The van der Waals surface area contributed by atoms with Crippen molar-refractivity contribution in [3.05, 3.63) is 63.6 Å². The SMILES string of the molecule is CCc1cccc(CC)c1NC(=O)CN1C(=O)NC(C)(c2cccc(Br)c2)C1=O. The number of carbonyl (C=O) groups is 3. The lowest BCUT2D eigenvalue weighted by atomic mass is 9.92. The van der Waals surface area contributed by atoms with Gasteiger partial charge in [-0.25, -0.2) is 4.79 Å². The van der Waals surface area contributed by atoms with Crippen LogP contribution in [0.4, 0.5) is 10.5 Å². The Hall–Kier alpha value is -2.67. The highest BCUT2D eigenvalue weighted by molar-refractivity contribution is 9.10. The number of benzene rings is 2. The molecule has 2 aromatic rings. The van der Waals surface area contributed by atoms with E-state index in [2.05, 4.69) is 26.6 Å². The van der Waals surface area contributed by atoms with Gasteiger partial charge in [-0.15, -0.1) is 0 Å². The quantitative estimate of drug-likeness (QED) is 0.643. The summed E-state index contributed by atoms with van der Waals surface area (Å²) in [5, 5.41) is 5.63. The number of nitrogens with zero attached hydrogens (tertiary/aromatic N) is 1. The molecule has 1 aliphatic heterocycles. The molecule has 4 amide bonds. The van der Waals surface area contributed by atoms with E-state index in [0.717, 1.165) is 39.0 Å². The van der Waals surface area contributed by atoms with E-state index >= 15 is 0 Å². The molecule has 2 N–H and O–H groups in total. The molecule has 1 atom stereocenters. The number of para-hydroxylation sites is 1. The normalized spacial score (nSPS) is 18.7. The van der Waals surface area contributed by atoms with Crippen LogP contribution < -0.4 is 10.6 Å². The Morgan fingerprint density at radius 3 is 2.31 bits per heavy atom. The molecule has 1 heterocycles. The topological polar surface area (TPSA) is 78.5 Å². The molecule has 1 saturated heterocycles. The second kappa shape index (κ2) is 8.37. The molecule has 29 heavy (non-hydrogen) atoms. The van der Waals surface area contributed by atoms with E-state index in [4.69, 9.17) is 0 Å². The molecule has 3 rings (SSSR count). The molecular formula is C22H24BrN3O3. The number of imide groups is 1. The molecule has 1 aliphatic rings. The van der Waals surface area contributed by atoms with Crippen molar-refractivity contribution in [1.29, 1.82) is 0 Å². The van der Waals surface area contributed by atoms with Crippen LogP contribution in [0.1, 0.15) is 37.5 Å². The molecule has 7 heteroatoms. The van der Waals surface area contributed by atoms with Crippen molar-refractivity contribution in [3.8, 4) is 0 Å². The van der Waals surface area contributed by atoms with Gasteiger partial charge in [-0.05, 0) is 48.6 Å². The molecule has 1 fully saturated rings. The lowest BCUT2D eigenvalue weighted by Crippen LogP contribution is -2.42. The van der Waals surface area contributed by atoms with Crippen molar-refractivity contribution in [1.82, 2.24) is 10.2 Å². The van der Waals surface area contributed by atoms with E-state index in [0.29, 0.717) is 5.56 Å². The number of carbonyl (C=O) groups excluding carboxylic acids is 3. The fourth-order valence-corrected chi connectivity index (χ4v) is 3.96. The highest BCUT2D eigenvalue weighted by atomic mass is 79.9. The first-order chi connectivity index (χ1) is 13.8. The minimum absolute atomic E-state index is 0.338. The zero-order chi connectivity index (χ0) is 21.2. The van der Waals surface area contributed by atoms with Gasteiger partial charge in [-0.1, -0.05) is 60.1 Å². The average molecular weight is 458 g/mol. The second-order valence-corrected chi connectivity index (χ2v) is 8.08. The molecule has 0 bridgehead atoms. The summed E-state index contributed by atoms with van der Waals surface area (Å²) in [6, 6.07) is 12.5. The Morgan fingerprint density at radius 2 is 1.72 bits per heavy atom. The predicted molar refractivity (Wildman–Crippen MR) is 116 cm³/mol. The summed E-state index contributed by atoms with van der Waals surface area (Å²) in [7, 11) is 0. The number of aryl methyl sites for hydroxylation is 2. The average Bonchev–Trinajstić information content (AvgIpc) is 2.92. The van der Waals surface area contributed by atoms with Gasteiger partial charge in [0, 0.05) is 10.2 Å². The smallest absolute Gasteiger partial charge is 0.324 e. The Kier molecular flexibility index (Phi) is 6.07. The van der Waals surface area contributed by atoms with Crippen LogP contribution >= 0.6 is 15.9 Å². The summed E-state index contributed by atoms with van der Waals surface area (Å²) in [6.45, 7) is 5.35. The van der Waals surface area contributed by atoms with Crippen molar-refractivity contribution in [3.63, 3.8) is 0 Å². The first-order valence-corrected chi connectivity index (χ1v) is 10.4. The van der Waals surface area contributed by atoms with E-state index in [9.17, 15) is 14.4 Å². The number of nitrogens with one attached hydrogen (secondary N) is 2. The van der Waals surface area contributed by atoms with Crippen LogP contribution in [0, 0.1) is 0 Å². The molecule has 0 saturated carbocycles. The van der Waals surface area contributed by atoms with Gasteiger partial charge in [0.25, 0.3) is 5.91 Å². The van der Waals surface area contributed by atoms with E-state index < -0.39 is 23.4 Å². The molecule has 152 valence electrons. The molecule has 6 nitrogen and oxygen atoms in total. The van der Waals surface area contributed by atoms with E-state index in [1.807, 2.05) is 38.1 Å². The third-order valence-corrected chi connectivity index (χ3v) is 5.74. The molecule has 0 radical (unpaired) electrons. The number of anilines is 1. The number of urea groups is 1. The first-order valence-electron chi connectivity index (χ1n) is 9.61. The third kappa shape index (κ3) is 4.05. The molecule has 0 spiro atoms. The third-order valence-electron chi connectivity index (χ3n) is 5.24. The summed E-state index contributed by atoms with van der Waals surface area (Å²) >= 11 is 3.39. The van der Waals surface area contributed by atoms with Crippen LogP contribution in [0.25, 0.3) is 0 Å². The maximum atomic E-state index is 13.0. The Morgan fingerprint density at radius 1 is 1.10 bits per heavy atom. The molecule has 0 aliphatic carbocycles. The maximum Gasteiger partial charge on any atom is 0.325 e. The van der Waals surface area contributed by atoms with Gasteiger partial charge in [-0.2, -0.15) is 0 Å². The van der Waals surface area contributed by atoms with Crippen molar-refractivity contribution in [2.75, 3.05) is 11.9 Å². The van der Waals surface area contributed by atoms with Crippen molar-refractivity contribution >= 4 is 39.5 Å². The summed E-state index contributed by atoms with van der Waals surface area (Å²) < 4.78 is 0.803. The highest BCUT2D eigenvalue weighted by Gasteiger charge is 2.49. The van der Waals surface area contributed by atoms with Gasteiger partial charge in [0.15, 0.2) is 0 Å². The fraction of sp³-hybridized carbons (Fsp3) is 0.318. The fourth-order valence-electron chi connectivity index (χ4n) is 3.56. The number of halogens is 1. The van der Waals surface area contributed by atoms with Crippen LogP contribution in [-0.4, -0.2) is 29.3 Å². The molecule has 2 aromatic carbocycles. The van der Waals surface area contributed by atoms with Gasteiger partial charge in [0.1, 0.15) is 12.1 Å². The summed E-state index contributed by atoms with van der Waals surface area (Å²) in [5.41, 5.74) is 2.25. The summed E-state index contributed by atoms with van der Waals surface area (Å²) in [4.78, 5) is 39.2. The molecular weight excluding hydrogens is 434 g/mol. The van der Waals surface area contributed by atoms with Gasteiger partial charge in [0.2, 0.25) is 5.91 Å². The molecule has 1 unspecified atom stereocenters. The second-order valence-electron chi connectivity index (χ2n) is 7.16. The largest absolute Gasteiger partial charge is 0.325 e. The number of hydrogen-bond acceptors (Lipinski definition) is 3. The highest BCUT2D eigenvalue weighted by Crippen LogP contribution is 2.30. The van der Waals surface area contributed by atoms with Crippen LogP contribution in [0.3, 0.4) is 0 Å². The molecule has 0 aromatic heterocycles. The minimum Gasteiger partial charge on any atom is -0.324 e. The first kappa shape index (κ1) is 21.0. The number of hydrogen-bond donors (Lipinski definition) is 2. The predicted octanol–water partition coefficient (Wildman–Crippen LogP) is 3.98. The van der Waals surface area contributed by atoms with Crippen LogP contribution in [-0.2, 0) is 28.0 Å². The Bertz CT molecular complexity index is 953. The van der Waals surface area contributed by atoms with Gasteiger partial charge in [-0.3, -0.25) is 14.5 Å². The van der Waals surface area contributed by atoms with Crippen LogP contribution in [0.2, 0.25) is 0 Å². The van der Waals surface area contributed by atoms with Crippen molar-refractivity contribution < 1.29 is 14.4 Å². The van der Waals surface area contributed by atoms with Crippen LogP contribution in [0.15, 0.2) is 46.9 Å². The maximum absolute atomic E-state index is 13.0. The van der Waals surface area contributed by atoms with Gasteiger partial charge < -0.3 is 10.6 Å². The Labute approximate surface area is 178 Å². The summed E-state index contributed by atoms with van der Waals surface area (Å²) in [5.74, 6) is -0.849. The lowest BCUT2D eigenvalue weighted by Gasteiger charge is -2.22. The number of amides is 4. The summed E-state index contributed by atoms with van der Waals surface area (Å²) in [6.07, 6.45) is 1.54. The van der Waals surface area contributed by atoms with E-state index in [1.165, 1.54) is 0 Å². The monoisotopic (exact) mass is 457 g/mol. The van der Waals surface area contributed by atoms with Gasteiger partial charge >= 0.3 is 6.03 Å². The number of rotatable bonds is 6.